The predicted molar refractivity (Wildman–Crippen MR) is 66.0 cm³/mol. The van der Waals surface area contributed by atoms with Gasteiger partial charge in [0.15, 0.2) is 12.2 Å². The van der Waals surface area contributed by atoms with E-state index in [0.29, 0.717) is 0 Å². The van der Waals surface area contributed by atoms with Crippen LogP contribution in [0.15, 0.2) is 5.11 Å². The molecule has 0 unspecified atom stereocenters. The maximum atomic E-state index is 11.1. The van der Waals surface area contributed by atoms with Gasteiger partial charge in [-0.05, 0) is 5.53 Å². The summed E-state index contributed by atoms with van der Waals surface area (Å²) in [7, 11) is 0. The van der Waals surface area contributed by atoms with E-state index in [4.69, 9.17) is 24.8 Å². The molecule has 1 aliphatic rings. The largest absolute Gasteiger partial charge is 0.481 e. The number of carboxylic acid groups (broad SMARTS) is 1. The van der Waals surface area contributed by atoms with Gasteiger partial charge in [-0.15, -0.1) is 0 Å². The molecule has 0 saturated carbocycles. The lowest BCUT2D eigenvalue weighted by atomic mass is 10.0. The molecule has 0 aliphatic carbocycles. The van der Waals surface area contributed by atoms with Crippen LogP contribution >= 0.6 is 0 Å². The maximum absolute atomic E-state index is 11.1. The molecule has 0 aromatic rings. The van der Waals surface area contributed by atoms with Crippen molar-refractivity contribution in [2.24, 2.45) is 5.11 Å². The van der Waals surface area contributed by atoms with Crippen molar-refractivity contribution in [2.75, 3.05) is 6.54 Å². The topological polar surface area (TPSA) is 148 Å². The second-order valence-electron chi connectivity index (χ2n) is 4.37. The van der Waals surface area contributed by atoms with Crippen molar-refractivity contribution in [3.63, 3.8) is 0 Å². The Morgan fingerprint density at radius 1 is 1.19 bits per heavy atom. The van der Waals surface area contributed by atoms with Crippen LogP contribution in [0.5, 0.6) is 0 Å². The van der Waals surface area contributed by atoms with Gasteiger partial charge in [-0.3, -0.25) is 14.4 Å². The van der Waals surface area contributed by atoms with Crippen LogP contribution in [0.3, 0.4) is 0 Å². The average molecular weight is 301 g/mol. The second-order valence-corrected chi connectivity index (χ2v) is 4.37. The first-order valence-corrected chi connectivity index (χ1v) is 6.07. The van der Waals surface area contributed by atoms with Crippen LogP contribution in [0, 0.1) is 0 Å². The Morgan fingerprint density at radius 3 is 2.14 bits per heavy atom. The van der Waals surface area contributed by atoms with E-state index in [0.717, 1.165) is 13.8 Å². The first-order chi connectivity index (χ1) is 9.85. The number of aliphatic carboxylic acids is 1. The molecule has 10 nitrogen and oxygen atoms in total. The van der Waals surface area contributed by atoms with E-state index < -0.39 is 48.7 Å². The minimum absolute atomic E-state index is 0.178. The van der Waals surface area contributed by atoms with Gasteiger partial charge < -0.3 is 19.3 Å². The van der Waals surface area contributed by atoms with Crippen molar-refractivity contribution in [3.8, 4) is 0 Å². The number of carboxylic acids is 1. The molecule has 1 saturated heterocycles. The van der Waals surface area contributed by atoms with Gasteiger partial charge in [0, 0.05) is 18.8 Å². The lowest BCUT2D eigenvalue weighted by molar-refractivity contribution is -0.164. The van der Waals surface area contributed by atoms with Crippen molar-refractivity contribution < 1.29 is 33.7 Å². The van der Waals surface area contributed by atoms with E-state index in [2.05, 4.69) is 10.0 Å². The van der Waals surface area contributed by atoms with Crippen LogP contribution in [0.2, 0.25) is 0 Å². The van der Waals surface area contributed by atoms with Crippen molar-refractivity contribution in [2.45, 2.75) is 44.7 Å². The van der Waals surface area contributed by atoms with E-state index >= 15 is 0 Å². The molecular formula is C11H15N3O7. The normalized spacial score (nSPS) is 27.5. The molecule has 10 heteroatoms. The molecule has 0 radical (unpaired) electrons. The summed E-state index contributed by atoms with van der Waals surface area (Å²) >= 11 is 0. The smallest absolute Gasteiger partial charge is 0.306 e. The second kappa shape index (κ2) is 7.46. The van der Waals surface area contributed by atoms with Crippen LogP contribution in [0.4, 0.5) is 0 Å². The van der Waals surface area contributed by atoms with Crippen molar-refractivity contribution in [3.05, 3.63) is 10.4 Å². The third kappa shape index (κ3) is 4.93. The molecule has 1 aliphatic heterocycles. The van der Waals surface area contributed by atoms with E-state index in [1.165, 1.54) is 0 Å². The van der Waals surface area contributed by atoms with Crippen LogP contribution in [-0.4, -0.2) is 54.0 Å². The minimum Gasteiger partial charge on any atom is -0.481 e. The van der Waals surface area contributed by atoms with Gasteiger partial charge >= 0.3 is 17.9 Å². The van der Waals surface area contributed by atoms with E-state index in [-0.39, 0.29) is 6.54 Å². The maximum Gasteiger partial charge on any atom is 0.306 e. The van der Waals surface area contributed by atoms with E-state index in [1.807, 2.05) is 0 Å². The van der Waals surface area contributed by atoms with Gasteiger partial charge in [0.1, 0.15) is 12.2 Å². The van der Waals surface area contributed by atoms with E-state index in [9.17, 15) is 14.4 Å². The molecule has 21 heavy (non-hydrogen) atoms. The number of carbonyl (C=O) groups is 3. The molecule has 1 rings (SSSR count). The zero-order valence-electron chi connectivity index (χ0n) is 11.5. The fraction of sp³-hybridized carbons (Fsp3) is 0.727. The molecule has 116 valence electrons. The zero-order chi connectivity index (χ0) is 16.0. The molecule has 0 aromatic heterocycles. The number of ether oxygens (including phenoxy) is 3. The summed E-state index contributed by atoms with van der Waals surface area (Å²) in [6.45, 7) is 2.12. The molecule has 0 amide bonds. The van der Waals surface area contributed by atoms with Crippen molar-refractivity contribution in [1.82, 2.24) is 0 Å². The standard InChI is InChI=1S/C11H15N3O7/c1-5(15)19-10-7(3-9(17)18)21-8(4-13-14-12)11(10)20-6(2)16/h7-8,10-11H,3-4H2,1-2H3,(H,17,18)/t7-,8+,10-,11+/m0/s1. The SMILES string of the molecule is CC(=O)O[C@@H]1[C@H](OC(C)=O)[C@@H](CN=[N+]=[N-])O[C@H]1CC(=O)O. The number of hydrogen-bond donors (Lipinski definition) is 1. The van der Waals surface area contributed by atoms with Gasteiger partial charge in [-0.2, -0.15) is 0 Å². The number of esters is 2. The summed E-state index contributed by atoms with van der Waals surface area (Å²) in [5, 5.41) is 12.2. The van der Waals surface area contributed by atoms with Crippen LogP contribution in [-0.2, 0) is 28.6 Å². The fourth-order valence-corrected chi connectivity index (χ4v) is 2.07. The Labute approximate surface area is 119 Å². The average Bonchev–Trinajstić information content (AvgIpc) is 2.63. The lowest BCUT2D eigenvalue weighted by Gasteiger charge is -2.22. The fourth-order valence-electron chi connectivity index (χ4n) is 2.07. The summed E-state index contributed by atoms with van der Waals surface area (Å²) in [4.78, 5) is 35.7. The Bertz CT molecular complexity index is 446. The third-order valence-corrected chi connectivity index (χ3v) is 2.71. The summed E-state index contributed by atoms with van der Waals surface area (Å²) in [6, 6.07) is 0. The van der Waals surface area contributed by atoms with Gasteiger partial charge in [-0.1, -0.05) is 5.11 Å². The Kier molecular flexibility index (Phi) is 5.94. The van der Waals surface area contributed by atoms with Gasteiger partial charge in [0.2, 0.25) is 0 Å². The van der Waals surface area contributed by atoms with E-state index in [1.54, 1.807) is 0 Å². The molecule has 0 aromatic carbocycles. The highest BCUT2D eigenvalue weighted by Crippen LogP contribution is 2.29. The molecule has 0 spiro atoms. The number of hydrogen-bond acceptors (Lipinski definition) is 7. The van der Waals surface area contributed by atoms with Gasteiger partial charge in [-0.25, -0.2) is 0 Å². The van der Waals surface area contributed by atoms with Crippen LogP contribution in [0.1, 0.15) is 20.3 Å². The Hall–Kier alpha value is -2.32. The quantitative estimate of drug-likeness (QED) is 0.323. The number of nitrogens with zero attached hydrogens (tertiary/aromatic N) is 3. The molecule has 4 atom stereocenters. The van der Waals surface area contributed by atoms with Gasteiger partial charge in [0.05, 0.1) is 13.0 Å². The zero-order valence-corrected chi connectivity index (χ0v) is 11.5. The molecule has 1 fully saturated rings. The number of carbonyl (C=O) groups excluding carboxylic acids is 2. The highest BCUT2D eigenvalue weighted by Gasteiger charge is 2.49. The van der Waals surface area contributed by atoms with Gasteiger partial charge in [0.25, 0.3) is 0 Å². The summed E-state index contributed by atoms with van der Waals surface area (Å²) < 4.78 is 15.4. The summed E-state index contributed by atoms with van der Waals surface area (Å²) in [5.74, 6) is -2.48. The van der Waals surface area contributed by atoms with Crippen molar-refractivity contribution in [1.29, 1.82) is 0 Å². The summed E-state index contributed by atoms with van der Waals surface area (Å²) in [6.07, 6.45) is -4.40. The highest BCUT2D eigenvalue weighted by atomic mass is 16.6. The third-order valence-electron chi connectivity index (χ3n) is 2.71. The minimum atomic E-state index is -1.16. The Morgan fingerprint density at radius 2 is 1.71 bits per heavy atom. The van der Waals surface area contributed by atoms with Crippen molar-refractivity contribution >= 4 is 17.9 Å². The molecular weight excluding hydrogens is 286 g/mol. The molecule has 1 N–H and O–H groups in total. The van der Waals surface area contributed by atoms with Crippen LogP contribution < -0.4 is 0 Å². The molecule has 1 heterocycles. The summed E-state index contributed by atoms with van der Waals surface area (Å²) in [5.41, 5.74) is 8.33. The predicted octanol–water partition coefficient (Wildman–Crippen LogP) is 0.402. The number of rotatable bonds is 6. The Balaban J connectivity index is 2.98. The first kappa shape index (κ1) is 16.7. The monoisotopic (exact) mass is 301 g/mol. The highest BCUT2D eigenvalue weighted by molar-refractivity contribution is 5.69. The number of azide groups is 1. The lowest BCUT2D eigenvalue weighted by Crippen LogP contribution is -2.41. The van der Waals surface area contributed by atoms with Crippen LogP contribution in [0.25, 0.3) is 10.4 Å². The first-order valence-electron chi connectivity index (χ1n) is 6.07. The molecule has 0 bridgehead atoms.